The van der Waals surface area contributed by atoms with Crippen molar-refractivity contribution < 1.29 is 66.6 Å². The van der Waals surface area contributed by atoms with E-state index in [-0.39, 0.29) is 39.2 Å². The van der Waals surface area contributed by atoms with E-state index in [1.807, 2.05) is 6.07 Å². The maximum absolute atomic E-state index is 13.3. The van der Waals surface area contributed by atoms with E-state index in [1.165, 1.54) is 12.0 Å². The van der Waals surface area contributed by atoms with Gasteiger partial charge in [0.05, 0.1) is 118 Å². The topological polar surface area (TPSA) is 225 Å². The molecule has 1 atom stereocenters. The first-order chi connectivity index (χ1) is 26.2. The number of nitrogens with zero attached hydrogens (tertiary/aromatic N) is 2. The van der Waals surface area contributed by atoms with Gasteiger partial charge in [-0.05, 0) is 40.8 Å². The first-order valence-electron chi connectivity index (χ1n) is 17.5. The number of hydrogen-bond donors (Lipinski definition) is 3. The van der Waals surface area contributed by atoms with E-state index >= 15 is 0 Å². The summed E-state index contributed by atoms with van der Waals surface area (Å²) in [6.45, 7) is 5.73. The van der Waals surface area contributed by atoms with Crippen molar-refractivity contribution in [2.45, 2.75) is 25.3 Å². The maximum atomic E-state index is 13.3. The summed E-state index contributed by atoms with van der Waals surface area (Å²) >= 11 is 2.10. The van der Waals surface area contributed by atoms with E-state index in [1.54, 1.807) is 19.2 Å². The van der Waals surface area contributed by atoms with Crippen molar-refractivity contribution in [3.8, 4) is 5.75 Å². The summed E-state index contributed by atoms with van der Waals surface area (Å²) in [5.41, 5.74) is 5.78. The lowest BCUT2D eigenvalue weighted by Crippen LogP contribution is -2.57. The van der Waals surface area contributed by atoms with Crippen molar-refractivity contribution in [1.29, 1.82) is 0 Å². The Morgan fingerprint density at radius 3 is 1.76 bits per heavy atom. The average Bonchev–Trinajstić information content (AvgIpc) is 3.14. The zero-order valence-corrected chi connectivity index (χ0v) is 33.2. The Hall–Kier alpha value is -3.22. The summed E-state index contributed by atoms with van der Waals surface area (Å²) in [4.78, 5) is 65.2. The number of rotatable bonds is 32. The number of methoxy groups -OCH3 is 2. The quantitative estimate of drug-likeness (QED) is 0.0643. The van der Waals surface area contributed by atoms with Gasteiger partial charge >= 0.3 is 6.03 Å². The van der Waals surface area contributed by atoms with Crippen LogP contribution in [0.1, 0.15) is 19.3 Å². The van der Waals surface area contributed by atoms with Crippen molar-refractivity contribution in [3.05, 3.63) is 21.8 Å². The molecule has 0 aromatic heterocycles. The van der Waals surface area contributed by atoms with Crippen LogP contribution >= 0.6 is 22.6 Å². The van der Waals surface area contributed by atoms with Gasteiger partial charge in [-0.2, -0.15) is 0 Å². The van der Waals surface area contributed by atoms with Gasteiger partial charge in [-0.25, -0.2) is 9.69 Å². The molecule has 6 amide bonds. The number of imide groups is 1. The molecule has 1 aliphatic rings. The summed E-state index contributed by atoms with van der Waals surface area (Å²) in [6, 6.07) is 3.29. The molecule has 19 nitrogen and oxygen atoms in total. The third-order valence-corrected chi connectivity index (χ3v) is 8.02. The summed E-state index contributed by atoms with van der Waals surface area (Å²) < 4.78 is 49.0. The highest BCUT2D eigenvalue weighted by atomic mass is 127. The van der Waals surface area contributed by atoms with Gasteiger partial charge in [0.1, 0.15) is 18.5 Å². The predicted octanol–water partition coefficient (Wildman–Crippen LogP) is 0.0451. The highest BCUT2D eigenvalue weighted by molar-refractivity contribution is 14.1. The van der Waals surface area contributed by atoms with E-state index in [0.29, 0.717) is 90.7 Å². The fourth-order valence-electron chi connectivity index (χ4n) is 4.63. The van der Waals surface area contributed by atoms with E-state index in [9.17, 15) is 24.0 Å². The monoisotopic (exact) mass is 883 g/mol. The Balaban J connectivity index is 1.53. The molecule has 1 aromatic carbocycles. The normalized spacial score (nSPS) is 13.6. The molecule has 20 heteroatoms. The van der Waals surface area contributed by atoms with E-state index in [4.69, 9.17) is 48.4 Å². The molecule has 4 N–H and O–H groups in total. The third-order valence-electron chi connectivity index (χ3n) is 7.35. The number of benzene rings is 1. The molecule has 0 bridgehead atoms. The summed E-state index contributed by atoms with van der Waals surface area (Å²) in [7, 11) is 3.10. The minimum absolute atomic E-state index is 0.00907. The van der Waals surface area contributed by atoms with Crippen molar-refractivity contribution in [2.75, 3.05) is 131 Å². The SMILES string of the molecule is COCCOCCOCCOCCOCCOCCOCCOCCC(=O)N[C@@H](CC(N)=O)C(=O)NCN1C(=O)CCN(c2cc(I)ccc2OC)C1=O. The molecule has 1 fully saturated rings. The van der Waals surface area contributed by atoms with Crippen LogP contribution < -0.4 is 26.0 Å². The van der Waals surface area contributed by atoms with Crippen molar-refractivity contribution >= 4 is 57.9 Å². The van der Waals surface area contributed by atoms with Crippen molar-refractivity contribution in [1.82, 2.24) is 15.5 Å². The molecular formula is C34H54IN5O14. The lowest BCUT2D eigenvalue weighted by atomic mass is 10.1. The Bertz CT molecular complexity index is 1280. The van der Waals surface area contributed by atoms with Gasteiger partial charge in [-0.15, -0.1) is 0 Å². The van der Waals surface area contributed by atoms with Gasteiger partial charge in [0.25, 0.3) is 0 Å². The van der Waals surface area contributed by atoms with Gasteiger partial charge in [0.2, 0.25) is 23.6 Å². The number of carbonyl (C=O) groups is 5. The van der Waals surface area contributed by atoms with Crippen LogP contribution in [-0.4, -0.2) is 167 Å². The van der Waals surface area contributed by atoms with Crippen LogP contribution in [-0.2, 0) is 57.1 Å². The fourth-order valence-corrected chi connectivity index (χ4v) is 5.10. The number of primary amides is 1. The Morgan fingerprint density at radius 2 is 1.28 bits per heavy atom. The highest BCUT2D eigenvalue weighted by Gasteiger charge is 2.35. The standard InChI is InChI=1S/C34H54IN5O14/c1-46-9-10-49-13-14-51-17-18-53-21-22-54-20-19-52-16-15-50-12-11-48-8-6-31(42)38-27(24-30(36)41)33(44)37-25-40-32(43)5-7-39(34(40)45)28-23-26(35)3-4-29(28)47-2/h3-4,23,27H,5-22,24-25H2,1-2H3,(H2,36,41)(H,37,44)(H,38,42)/t27-/m0/s1. The van der Waals surface area contributed by atoms with Crippen LogP contribution in [0.25, 0.3) is 0 Å². The lowest BCUT2D eigenvalue weighted by Gasteiger charge is -2.35. The number of anilines is 1. The number of hydrogen-bond acceptors (Lipinski definition) is 14. The fraction of sp³-hybridized carbons (Fsp3) is 0.676. The molecule has 2 rings (SSSR count). The van der Waals surface area contributed by atoms with Crippen LogP contribution in [0, 0.1) is 3.57 Å². The number of nitrogens with one attached hydrogen (secondary N) is 2. The molecule has 306 valence electrons. The van der Waals surface area contributed by atoms with Crippen LogP contribution in [0.2, 0.25) is 0 Å². The molecule has 54 heavy (non-hydrogen) atoms. The van der Waals surface area contributed by atoms with Crippen LogP contribution in [0.4, 0.5) is 10.5 Å². The number of halogens is 1. The van der Waals surface area contributed by atoms with E-state index < -0.39 is 48.8 Å². The molecule has 0 spiro atoms. The molecule has 0 aliphatic carbocycles. The Morgan fingerprint density at radius 1 is 0.778 bits per heavy atom. The predicted molar refractivity (Wildman–Crippen MR) is 201 cm³/mol. The molecule has 1 heterocycles. The Kier molecular flexibility index (Phi) is 25.3. The number of amides is 6. The minimum Gasteiger partial charge on any atom is -0.495 e. The average molecular weight is 884 g/mol. The Labute approximate surface area is 329 Å². The van der Waals surface area contributed by atoms with E-state index in [0.717, 1.165) is 8.47 Å². The lowest BCUT2D eigenvalue weighted by molar-refractivity contribution is -0.134. The summed E-state index contributed by atoms with van der Waals surface area (Å²) in [6.07, 6.45) is -0.591. The molecule has 1 saturated heterocycles. The molecule has 1 aromatic rings. The zero-order chi connectivity index (χ0) is 39.4. The van der Waals surface area contributed by atoms with Gasteiger partial charge in [0, 0.05) is 30.1 Å². The van der Waals surface area contributed by atoms with Crippen molar-refractivity contribution in [2.24, 2.45) is 5.73 Å². The molecule has 0 saturated carbocycles. The van der Waals surface area contributed by atoms with Crippen LogP contribution in [0.3, 0.4) is 0 Å². The second kappa shape index (κ2) is 29.1. The maximum Gasteiger partial charge on any atom is 0.332 e. The first kappa shape index (κ1) is 46.9. The largest absolute Gasteiger partial charge is 0.495 e. The molecule has 0 unspecified atom stereocenters. The van der Waals surface area contributed by atoms with Gasteiger partial charge in [-0.1, -0.05) is 0 Å². The highest BCUT2D eigenvalue weighted by Crippen LogP contribution is 2.32. The summed E-state index contributed by atoms with van der Waals surface area (Å²) in [5.74, 6) is -2.24. The van der Waals surface area contributed by atoms with Crippen molar-refractivity contribution in [3.63, 3.8) is 0 Å². The minimum atomic E-state index is -1.33. The number of nitrogens with two attached hydrogens (primary N) is 1. The second-order valence-electron chi connectivity index (χ2n) is 11.3. The first-order valence-corrected chi connectivity index (χ1v) is 18.6. The van der Waals surface area contributed by atoms with Gasteiger partial charge < -0.3 is 59.0 Å². The van der Waals surface area contributed by atoms with Crippen LogP contribution in [0.5, 0.6) is 5.75 Å². The molecular weight excluding hydrogens is 829 g/mol. The second-order valence-corrected chi connectivity index (χ2v) is 12.6. The molecule has 1 aliphatic heterocycles. The third kappa shape index (κ3) is 19.9. The number of urea groups is 1. The van der Waals surface area contributed by atoms with Crippen LogP contribution in [0.15, 0.2) is 18.2 Å². The van der Waals surface area contributed by atoms with E-state index in [2.05, 4.69) is 33.2 Å². The molecule has 0 radical (unpaired) electrons. The smallest absolute Gasteiger partial charge is 0.332 e. The zero-order valence-electron chi connectivity index (χ0n) is 31.0. The van der Waals surface area contributed by atoms with Gasteiger partial charge in [-0.3, -0.25) is 24.1 Å². The van der Waals surface area contributed by atoms with Gasteiger partial charge in [0.15, 0.2) is 0 Å². The number of ether oxygens (including phenoxy) is 9. The number of carbonyl (C=O) groups excluding carboxylic acids is 5. The summed E-state index contributed by atoms with van der Waals surface area (Å²) in [5, 5.41) is 4.91.